The lowest BCUT2D eigenvalue weighted by atomic mass is 9.64. The number of aromatic nitrogens is 6. The van der Waals surface area contributed by atoms with Gasteiger partial charge in [0.2, 0.25) is 0 Å². The second-order valence-corrected chi connectivity index (χ2v) is 9.06. The number of hydrogen-bond acceptors (Lipinski definition) is 5. The fraction of sp³-hybridized carbons (Fsp3) is 0.476. The third kappa shape index (κ3) is 3.83. The molecule has 3 aliphatic rings. The zero-order valence-electron chi connectivity index (χ0n) is 18.1. The normalized spacial score (nSPS) is 24.5. The van der Waals surface area contributed by atoms with E-state index in [1.807, 2.05) is 9.47 Å². The summed E-state index contributed by atoms with van der Waals surface area (Å²) in [6, 6.07) is 3.26. The van der Waals surface area contributed by atoms with E-state index in [0.717, 1.165) is 25.3 Å². The molecule has 1 aromatic carbocycles. The number of alkyl halides is 3. The number of piperidine rings is 1. The van der Waals surface area contributed by atoms with Crippen LogP contribution in [0.15, 0.2) is 37.2 Å². The van der Waals surface area contributed by atoms with Gasteiger partial charge in [0.05, 0.1) is 11.1 Å². The highest BCUT2D eigenvalue weighted by Crippen LogP contribution is 2.51. The van der Waals surface area contributed by atoms with Gasteiger partial charge in [0.1, 0.15) is 19.0 Å². The number of aryl methyl sites for hydroxylation is 1. The summed E-state index contributed by atoms with van der Waals surface area (Å²) in [5, 5.41) is 14.5. The minimum atomic E-state index is -4.58. The van der Waals surface area contributed by atoms with Crippen LogP contribution < -0.4 is 5.32 Å². The number of nitrogens with one attached hydrogen (secondary N) is 1. The van der Waals surface area contributed by atoms with Crippen LogP contribution in [0.25, 0.3) is 11.4 Å². The van der Waals surface area contributed by atoms with Crippen LogP contribution >= 0.6 is 0 Å². The number of amides is 2. The van der Waals surface area contributed by atoms with Gasteiger partial charge in [-0.15, -0.1) is 10.2 Å². The standard InChI is InChI=1S/C21H23F3N8O/c1-13-5-15-8-20(7-13,9-31-11-26-27-12-31)32(15)19(33)28-14-3-4-17(21(22,23)24)16(6-14)18-25-10-30(2)29-18/h3-4,6,10-13,15H,5,7-9H2,1-2H3,(H,28,33)/t13-,15?,20?/m0/s1. The maximum absolute atomic E-state index is 13.6. The van der Waals surface area contributed by atoms with E-state index in [-0.39, 0.29) is 34.7 Å². The molecule has 1 aliphatic carbocycles. The second-order valence-electron chi connectivity index (χ2n) is 9.06. The number of fused-ring (bicyclic) bond motifs is 2. The van der Waals surface area contributed by atoms with Gasteiger partial charge >= 0.3 is 12.2 Å². The molecule has 3 fully saturated rings. The maximum atomic E-state index is 13.6. The Labute approximate surface area is 187 Å². The van der Waals surface area contributed by atoms with E-state index in [1.165, 1.54) is 23.1 Å². The zero-order valence-corrected chi connectivity index (χ0v) is 18.1. The minimum absolute atomic E-state index is 0.0559. The van der Waals surface area contributed by atoms with Gasteiger partial charge in [0.25, 0.3) is 0 Å². The van der Waals surface area contributed by atoms with Crippen LogP contribution in [-0.2, 0) is 19.8 Å². The van der Waals surface area contributed by atoms with Gasteiger partial charge in [-0.1, -0.05) is 6.92 Å². The number of carbonyl (C=O) groups is 1. The fourth-order valence-corrected chi connectivity index (χ4v) is 5.40. The van der Waals surface area contributed by atoms with Crippen LogP contribution in [0.5, 0.6) is 0 Å². The molecule has 9 nitrogen and oxygen atoms in total. The Bertz CT molecular complexity index is 1170. The number of rotatable bonds is 4. The molecule has 2 saturated heterocycles. The molecule has 12 heteroatoms. The van der Waals surface area contributed by atoms with E-state index in [9.17, 15) is 18.0 Å². The quantitative estimate of drug-likeness (QED) is 0.643. The van der Waals surface area contributed by atoms with E-state index >= 15 is 0 Å². The molecule has 1 saturated carbocycles. The van der Waals surface area contributed by atoms with Crippen molar-refractivity contribution in [3.8, 4) is 11.4 Å². The van der Waals surface area contributed by atoms with E-state index in [1.54, 1.807) is 19.7 Å². The van der Waals surface area contributed by atoms with Gasteiger partial charge < -0.3 is 14.8 Å². The first kappa shape index (κ1) is 21.4. The summed E-state index contributed by atoms with van der Waals surface area (Å²) < 4.78 is 43.9. The van der Waals surface area contributed by atoms with Crippen LogP contribution in [0.3, 0.4) is 0 Å². The van der Waals surface area contributed by atoms with Gasteiger partial charge in [-0.3, -0.25) is 4.68 Å². The molecule has 2 aromatic heterocycles. The molecule has 2 amide bonds. The van der Waals surface area contributed by atoms with Crippen molar-refractivity contribution in [3.63, 3.8) is 0 Å². The molecule has 33 heavy (non-hydrogen) atoms. The summed E-state index contributed by atoms with van der Waals surface area (Å²) in [4.78, 5) is 19.1. The highest BCUT2D eigenvalue weighted by Gasteiger charge is 2.58. The summed E-state index contributed by atoms with van der Waals surface area (Å²) in [5.74, 6) is 0.414. The third-order valence-electron chi connectivity index (χ3n) is 6.47. The SMILES string of the molecule is C[C@H]1CC2CC(Cn3cnnc3)(C1)N2C(=O)Nc1ccc(C(F)(F)F)c(-c2ncn(C)n2)c1. The van der Waals surface area contributed by atoms with Crippen LogP contribution in [0.1, 0.15) is 31.7 Å². The van der Waals surface area contributed by atoms with E-state index < -0.39 is 11.7 Å². The predicted octanol–water partition coefficient (Wildman–Crippen LogP) is 3.57. The number of benzene rings is 1. The third-order valence-corrected chi connectivity index (χ3v) is 6.47. The number of nitrogens with zero attached hydrogens (tertiary/aromatic N) is 7. The molecule has 2 unspecified atom stereocenters. The average molecular weight is 460 g/mol. The Morgan fingerprint density at radius 3 is 2.64 bits per heavy atom. The van der Waals surface area contributed by atoms with Crippen molar-refractivity contribution in [2.24, 2.45) is 13.0 Å². The molecule has 1 N–H and O–H groups in total. The van der Waals surface area contributed by atoms with Crippen molar-refractivity contribution in [1.29, 1.82) is 0 Å². The Morgan fingerprint density at radius 1 is 1.21 bits per heavy atom. The lowest BCUT2D eigenvalue weighted by molar-refractivity contribution is -0.137. The topological polar surface area (TPSA) is 93.8 Å². The lowest BCUT2D eigenvalue weighted by Crippen LogP contribution is -2.73. The minimum Gasteiger partial charge on any atom is -0.318 e. The van der Waals surface area contributed by atoms with E-state index in [4.69, 9.17) is 0 Å². The number of halogens is 3. The second kappa shape index (κ2) is 7.56. The summed E-state index contributed by atoms with van der Waals surface area (Å²) >= 11 is 0. The highest BCUT2D eigenvalue weighted by molar-refractivity contribution is 5.92. The molecule has 2 bridgehead atoms. The first-order valence-electron chi connectivity index (χ1n) is 10.6. The van der Waals surface area contributed by atoms with Crippen molar-refractivity contribution in [2.75, 3.05) is 5.32 Å². The summed E-state index contributed by atoms with van der Waals surface area (Å²) in [5.41, 5.74) is -1.15. The molecule has 3 atom stereocenters. The Kier molecular flexibility index (Phi) is 4.91. The lowest BCUT2D eigenvalue weighted by Gasteiger charge is -2.63. The average Bonchev–Trinajstić information content (AvgIpc) is 3.38. The highest BCUT2D eigenvalue weighted by atomic mass is 19.4. The van der Waals surface area contributed by atoms with Crippen molar-refractivity contribution in [2.45, 2.75) is 50.5 Å². The van der Waals surface area contributed by atoms with E-state index in [0.29, 0.717) is 12.5 Å². The van der Waals surface area contributed by atoms with Gasteiger partial charge in [-0.2, -0.15) is 18.3 Å². The molecule has 0 radical (unpaired) electrons. The molecule has 4 heterocycles. The van der Waals surface area contributed by atoms with Crippen molar-refractivity contribution in [1.82, 2.24) is 34.4 Å². The Balaban J connectivity index is 1.42. The van der Waals surface area contributed by atoms with Crippen LogP contribution in [0, 0.1) is 5.92 Å². The monoisotopic (exact) mass is 460 g/mol. The summed E-state index contributed by atoms with van der Waals surface area (Å²) in [6.45, 7) is 2.74. The van der Waals surface area contributed by atoms with Gasteiger partial charge in [0, 0.05) is 30.9 Å². The molecule has 3 aromatic rings. The number of carbonyl (C=O) groups excluding carboxylic acids is 1. The molecule has 0 spiro atoms. The summed E-state index contributed by atoms with van der Waals surface area (Å²) in [6.07, 6.45) is 2.61. The maximum Gasteiger partial charge on any atom is 0.417 e. The smallest absolute Gasteiger partial charge is 0.318 e. The number of urea groups is 1. The van der Waals surface area contributed by atoms with Gasteiger partial charge in [-0.05, 0) is 43.4 Å². The van der Waals surface area contributed by atoms with Crippen LogP contribution in [0.2, 0.25) is 0 Å². The first-order valence-corrected chi connectivity index (χ1v) is 10.6. The van der Waals surface area contributed by atoms with Crippen LogP contribution in [-0.4, -0.2) is 52.0 Å². The zero-order chi connectivity index (χ0) is 23.4. The van der Waals surface area contributed by atoms with E-state index in [2.05, 4.69) is 32.5 Å². The van der Waals surface area contributed by atoms with Gasteiger partial charge in [0.15, 0.2) is 5.82 Å². The number of hydrogen-bond donors (Lipinski definition) is 1. The summed E-state index contributed by atoms with van der Waals surface area (Å²) in [7, 11) is 1.58. The first-order chi connectivity index (χ1) is 15.6. The van der Waals surface area contributed by atoms with Crippen molar-refractivity contribution < 1.29 is 18.0 Å². The molecule has 174 valence electrons. The van der Waals surface area contributed by atoms with Crippen molar-refractivity contribution in [3.05, 3.63) is 42.7 Å². The Morgan fingerprint density at radius 2 is 1.97 bits per heavy atom. The molecule has 6 rings (SSSR count). The Hall–Kier alpha value is -3.44. The molecule has 2 aliphatic heterocycles. The molecular weight excluding hydrogens is 437 g/mol. The fourth-order valence-electron chi connectivity index (χ4n) is 5.40. The van der Waals surface area contributed by atoms with Crippen LogP contribution in [0.4, 0.5) is 23.7 Å². The largest absolute Gasteiger partial charge is 0.417 e. The van der Waals surface area contributed by atoms with Gasteiger partial charge in [-0.25, -0.2) is 9.78 Å². The predicted molar refractivity (Wildman–Crippen MR) is 112 cm³/mol. The van der Waals surface area contributed by atoms with Crippen molar-refractivity contribution >= 4 is 11.7 Å². The number of anilines is 1. The molecular formula is C21H23F3N8O.